The van der Waals surface area contributed by atoms with Crippen LogP contribution in [0.4, 0.5) is 0 Å². The van der Waals surface area contributed by atoms with E-state index < -0.39 is 11.6 Å². The number of aromatic hydroxyl groups is 1. The molecule has 0 heterocycles. The van der Waals surface area contributed by atoms with Crippen LogP contribution in [0.3, 0.4) is 0 Å². The van der Waals surface area contributed by atoms with Crippen LogP contribution in [0.1, 0.15) is 63.5 Å². The second-order valence-electron chi connectivity index (χ2n) is 7.22. The average molecular weight is 305 g/mol. The number of carbonyl (C=O) groups excluding carboxylic acids is 1. The van der Waals surface area contributed by atoms with E-state index in [0.717, 1.165) is 24.0 Å². The van der Waals surface area contributed by atoms with Crippen LogP contribution >= 0.6 is 0 Å². The molecule has 2 rings (SSSR count). The zero-order chi connectivity index (χ0) is 16.3. The first kappa shape index (κ1) is 16.8. The highest BCUT2D eigenvalue weighted by Crippen LogP contribution is 2.38. The fraction of sp³-hybridized carbons (Fsp3) is 0.611. The van der Waals surface area contributed by atoms with E-state index in [0.29, 0.717) is 18.1 Å². The minimum Gasteiger partial charge on any atom is -0.508 e. The lowest BCUT2D eigenvalue weighted by Crippen LogP contribution is -2.38. The van der Waals surface area contributed by atoms with Crippen molar-refractivity contribution in [1.82, 2.24) is 0 Å². The summed E-state index contributed by atoms with van der Waals surface area (Å²) in [7, 11) is 0. The maximum absolute atomic E-state index is 12.0. The molecule has 1 aromatic rings. The Balaban J connectivity index is 2.06. The van der Waals surface area contributed by atoms with Gasteiger partial charge in [0.05, 0.1) is 0 Å². The quantitative estimate of drug-likeness (QED) is 0.837. The summed E-state index contributed by atoms with van der Waals surface area (Å²) in [5.74, 6) is 0.391. The Hall–Kier alpha value is -1.55. The molecule has 0 spiro atoms. The van der Waals surface area contributed by atoms with Crippen molar-refractivity contribution in [2.45, 2.75) is 70.4 Å². The van der Waals surface area contributed by atoms with Crippen LogP contribution in [-0.4, -0.2) is 22.7 Å². The Kier molecular flexibility index (Phi) is 5.12. The summed E-state index contributed by atoms with van der Waals surface area (Å²) in [5, 5.41) is 10.1. The Morgan fingerprint density at radius 1 is 1.36 bits per heavy atom. The molecule has 1 atom stereocenters. The van der Waals surface area contributed by atoms with Gasteiger partial charge in [0.1, 0.15) is 17.4 Å². The number of phenols is 1. The van der Waals surface area contributed by atoms with Crippen molar-refractivity contribution in [3.63, 3.8) is 0 Å². The molecule has 1 saturated carbocycles. The molecule has 1 aliphatic rings. The number of nitrogens with two attached hydrogens (primary N) is 1. The number of hydrogen-bond acceptors (Lipinski definition) is 4. The van der Waals surface area contributed by atoms with Gasteiger partial charge in [-0.3, -0.25) is 4.79 Å². The first-order chi connectivity index (χ1) is 10.3. The third kappa shape index (κ3) is 4.47. The largest absolute Gasteiger partial charge is 0.508 e. The number of hydrogen-bond donors (Lipinski definition) is 2. The van der Waals surface area contributed by atoms with E-state index in [1.165, 1.54) is 12.8 Å². The third-order valence-electron chi connectivity index (χ3n) is 4.05. The van der Waals surface area contributed by atoms with Crippen LogP contribution in [0.25, 0.3) is 0 Å². The van der Waals surface area contributed by atoms with Crippen LogP contribution in [0.2, 0.25) is 0 Å². The van der Waals surface area contributed by atoms with Crippen molar-refractivity contribution in [1.29, 1.82) is 0 Å². The normalized spacial score (nSPS) is 17.5. The number of ether oxygens (including phenoxy) is 1. The predicted molar refractivity (Wildman–Crippen MR) is 86.8 cm³/mol. The molecule has 22 heavy (non-hydrogen) atoms. The van der Waals surface area contributed by atoms with Crippen molar-refractivity contribution < 1.29 is 14.6 Å². The van der Waals surface area contributed by atoms with Gasteiger partial charge in [0.25, 0.3) is 0 Å². The highest BCUT2D eigenvalue weighted by molar-refractivity contribution is 5.76. The highest BCUT2D eigenvalue weighted by Gasteiger charge is 2.24. The van der Waals surface area contributed by atoms with Gasteiger partial charge in [0, 0.05) is 0 Å². The standard InChI is InChI=1S/C18H27NO3/c1-18(2,3)22-17(21)15(19)11-12-8-9-16(20)14(10-12)13-6-4-5-7-13/h8-10,13,15,20H,4-7,11,19H2,1-3H3/t15-/m0/s1. The van der Waals surface area contributed by atoms with Gasteiger partial charge in [0.2, 0.25) is 0 Å². The van der Waals surface area contributed by atoms with Gasteiger partial charge in [0.15, 0.2) is 0 Å². The molecule has 0 bridgehead atoms. The molecule has 0 radical (unpaired) electrons. The lowest BCUT2D eigenvalue weighted by molar-refractivity contribution is -0.156. The summed E-state index contributed by atoms with van der Waals surface area (Å²) < 4.78 is 5.31. The second-order valence-corrected chi connectivity index (χ2v) is 7.22. The Labute approximate surface area is 132 Å². The van der Waals surface area contributed by atoms with E-state index in [-0.39, 0.29) is 5.97 Å². The van der Waals surface area contributed by atoms with Crippen molar-refractivity contribution in [3.05, 3.63) is 29.3 Å². The van der Waals surface area contributed by atoms with Crippen LogP contribution in [0.15, 0.2) is 18.2 Å². The van der Waals surface area contributed by atoms with E-state index in [4.69, 9.17) is 10.5 Å². The molecule has 1 aromatic carbocycles. The van der Waals surface area contributed by atoms with Crippen molar-refractivity contribution in [2.24, 2.45) is 5.73 Å². The molecule has 0 aromatic heterocycles. The van der Waals surface area contributed by atoms with Gasteiger partial charge in [-0.2, -0.15) is 0 Å². The Morgan fingerprint density at radius 3 is 2.59 bits per heavy atom. The first-order valence-corrected chi connectivity index (χ1v) is 8.06. The lowest BCUT2D eigenvalue weighted by atomic mass is 9.93. The summed E-state index contributed by atoms with van der Waals surface area (Å²) in [6.45, 7) is 5.49. The minimum absolute atomic E-state index is 0.349. The maximum Gasteiger partial charge on any atom is 0.323 e. The topological polar surface area (TPSA) is 72.5 Å². The zero-order valence-electron chi connectivity index (χ0n) is 13.8. The number of esters is 1. The van der Waals surface area contributed by atoms with Crippen molar-refractivity contribution >= 4 is 5.97 Å². The SMILES string of the molecule is CC(C)(C)OC(=O)[C@@H](N)Cc1ccc(O)c(C2CCCC2)c1. The molecule has 4 heteroatoms. The van der Waals surface area contributed by atoms with E-state index >= 15 is 0 Å². The van der Waals surface area contributed by atoms with Gasteiger partial charge < -0.3 is 15.6 Å². The molecule has 0 saturated heterocycles. The van der Waals surface area contributed by atoms with Crippen LogP contribution < -0.4 is 5.73 Å². The summed E-state index contributed by atoms with van der Waals surface area (Å²) >= 11 is 0. The molecular weight excluding hydrogens is 278 g/mol. The van der Waals surface area contributed by atoms with Gasteiger partial charge in [-0.1, -0.05) is 25.0 Å². The summed E-state index contributed by atoms with van der Waals surface area (Å²) in [5.41, 5.74) is 7.39. The molecule has 0 unspecified atom stereocenters. The fourth-order valence-electron chi connectivity index (χ4n) is 3.01. The average Bonchev–Trinajstić information content (AvgIpc) is 2.92. The number of rotatable bonds is 4. The van der Waals surface area contributed by atoms with Crippen LogP contribution in [0.5, 0.6) is 5.75 Å². The molecule has 0 amide bonds. The van der Waals surface area contributed by atoms with E-state index in [1.54, 1.807) is 6.07 Å². The molecular formula is C18H27NO3. The van der Waals surface area contributed by atoms with Gasteiger partial charge in [-0.25, -0.2) is 0 Å². The summed E-state index contributed by atoms with van der Waals surface area (Å²) in [6.07, 6.45) is 5.09. The second kappa shape index (κ2) is 6.69. The summed E-state index contributed by atoms with van der Waals surface area (Å²) in [4.78, 5) is 12.0. The lowest BCUT2D eigenvalue weighted by Gasteiger charge is -2.22. The van der Waals surface area contributed by atoms with E-state index in [2.05, 4.69) is 0 Å². The molecule has 3 N–H and O–H groups in total. The summed E-state index contributed by atoms with van der Waals surface area (Å²) in [6, 6.07) is 4.86. The fourth-order valence-corrected chi connectivity index (χ4v) is 3.01. The van der Waals surface area contributed by atoms with E-state index in [9.17, 15) is 9.90 Å². The Morgan fingerprint density at radius 2 is 2.00 bits per heavy atom. The van der Waals surface area contributed by atoms with Crippen LogP contribution in [-0.2, 0) is 16.0 Å². The third-order valence-corrected chi connectivity index (χ3v) is 4.05. The minimum atomic E-state index is -0.680. The first-order valence-electron chi connectivity index (χ1n) is 8.06. The molecule has 4 nitrogen and oxygen atoms in total. The molecule has 0 aliphatic heterocycles. The maximum atomic E-state index is 12.0. The monoisotopic (exact) mass is 305 g/mol. The predicted octanol–water partition coefficient (Wildman–Crippen LogP) is 3.26. The van der Waals surface area contributed by atoms with Gasteiger partial charge >= 0.3 is 5.97 Å². The number of carbonyl (C=O) groups is 1. The van der Waals surface area contributed by atoms with Crippen molar-refractivity contribution in [2.75, 3.05) is 0 Å². The molecule has 1 fully saturated rings. The number of benzene rings is 1. The molecule has 122 valence electrons. The molecule has 1 aliphatic carbocycles. The highest BCUT2D eigenvalue weighted by atomic mass is 16.6. The van der Waals surface area contributed by atoms with Crippen LogP contribution in [0, 0.1) is 0 Å². The van der Waals surface area contributed by atoms with E-state index in [1.807, 2.05) is 32.9 Å². The Bertz CT molecular complexity index is 528. The number of phenolic OH excluding ortho intramolecular Hbond substituents is 1. The zero-order valence-corrected chi connectivity index (χ0v) is 13.8. The van der Waals surface area contributed by atoms with Gasteiger partial charge in [-0.05, 0) is 63.1 Å². The van der Waals surface area contributed by atoms with Crippen molar-refractivity contribution in [3.8, 4) is 5.75 Å². The smallest absolute Gasteiger partial charge is 0.323 e. The van der Waals surface area contributed by atoms with Gasteiger partial charge in [-0.15, -0.1) is 0 Å².